The summed E-state index contributed by atoms with van der Waals surface area (Å²) in [7, 11) is 2.07. The highest BCUT2D eigenvalue weighted by Gasteiger charge is 2.17. The molecule has 0 heterocycles. The molecule has 0 aliphatic heterocycles. The van der Waals surface area contributed by atoms with Crippen LogP contribution in [0.1, 0.15) is 37.7 Å². The van der Waals surface area contributed by atoms with E-state index in [1.54, 1.807) is 6.07 Å². The van der Waals surface area contributed by atoms with E-state index in [4.69, 9.17) is 16.9 Å². The Morgan fingerprint density at radius 3 is 2.72 bits per heavy atom. The third-order valence-electron chi connectivity index (χ3n) is 3.75. The molecule has 0 aromatic heterocycles. The molecule has 0 N–H and O–H groups in total. The van der Waals surface area contributed by atoms with Crippen molar-refractivity contribution in [2.45, 2.75) is 32.1 Å². The van der Waals surface area contributed by atoms with E-state index in [0.29, 0.717) is 10.6 Å². The van der Waals surface area contributed by atoms with E-state index in [9.17, 15) is 0 Å². The van der Waals surface area contributed by atoms with E-state index in [0.717, 1.165) is 18.2 Å². The van der Waals surface area contributed by atoms with Gasteiger partial charge in [-0.25, -0.2) is 0 Å². The Labute approximate surface area is 114 Å². The summed E-state index contributed by atoms with van der Waals surface area (Å²) < 4.78 is 0. The van der Waals surface area contributed by atoms with Crippen LogP contribution in [0.2, 0.25) is 5.02 Å². The Morgan fingerprint density at radius 1 is 1.33 bits per heavy atom. The molecule has 0 saturated heterocycles. The first kappa shape index (κ1) is 13.2. The molecular formula is C15H19ClN2. The Kier molecular flexibility index (Phi) is 4.49. The van der Waals surface area contributed by atoms with Crippen molar-refractivity contribution in [1.82, 2.24) is 0 Å². The maximum Gasteiger partial charge on any atom is 0.101 e. The van der Waals surface area contributed by atoms with Crippen LogP contribution in [0.15, 0.2) is 18.2 Å². The predicted octanol–water partition coefficient (Wildman–Crippen LogP) is 4.23. The molecule has 1 fully saturated rings. The summed E-state index contributed by atoms with van der Waals surface area (Å²) in [6.07, 6.45) is 6.72. The second-order valence-electron chi connectivity index (χ2n) is 5.16. The fourth-order valence-corrected chi connectivity index (χ4v) is 2.96. The molecule has 1 aliphatic carbocycles. The third-order valence-corrected chi connectivity index (χ3v) is 3.98. The topological polar surface area (TPSA) is 27.0 Å². The van der Waals surface area contributed by atoms with Crippen LogP contribution < -0.4 is 4.90 Å². The molecule has 0 radical (unpaired) electrons. The maximum absolute atomic E-state index is 9.16. The highest BCUT2D eigenvalue weighted by atomic mass is 35.5. The molecule has 0 atom stereocenters. The van der Waals surface area contributed by atoms with Gasteiger partial charge >= 0.3 is 0 Å². The monoisotopic (exact) mass is 262 g/mol. The minimum absolute atomic E-state index is 0.626. The van der Waals surface area contributed by atoms with Crippen LogP contribution in [0.5, 0.6) is 0 Å². The van der Waals surface area contributed by atoms with Crippen LogP contribution in [0, 0.1) is 17.2 Å². The highest BCUT2D eigenvalue weighted by Crippen LogP contribution is 2.28. The van der Waals surface area contributed by atoms with E-state index in [1.165, 1.54) is 32.1 Å². The van der Waals surface area contributed by atoms with Gasteiger partial charge in [-0.1, -0.05) is 30.9 Å². The lowest BCUT2D eigenvalue weighted by atomic mass is 9.89. The second kappa shape index (κ2) is 6.11. The van der Waals surface area contributed by atoms with Crippen LogP contribution in [0.25, 0.3) is 0 Å². The average molecular weight is 263 g/mol. The lowest BCUT2D eigenvalue weighted by molar-refractivity contribution is 0.362. The van der Waals surface area contributed by atoms with Gasteiger partial charge in [0.25, 0.3) is 0 Å². The number of halogens is 1. The number of nitriles is 1. The van der Waals surface area contributed by atoms with Gasteiger partial charge in [-0.2, -0.15) is 5.26 Å². The first-order chi connectivity index (χ1) is 8.70. The van der Waals surface area contributed by atoms with E-state index < -0.39 is 0 Å². The van der Waals surface area contributed by atoms with E-state index >= 15 is 0 Å². The molecule has 0 unspecified atom stereocenters. The van der Waals surface area contributed by atoms with Crippen LogP contribution in [0.3, 0.4) is 0 Å². The second-order valence-corrected chi connectivity index (χ2v) is 5.59. The molecular weight excluding hydrogens is 244 g/mol. The van der Waals surface area contributed by atoms with Gasteiger partial charge in [0.05, 0.1) is 11.3 Å². The average Bonchev–Trinajstić information content (AvgIpc) is 2.39. The van der Waals surface area contributed by atoms with Crippen LogP contribution in [-0.4, -0.2) is 13.6 Å². The third kappa shape index (κ3) is 3.17. The highest BCUT2D eigenvalue weighted by molar-refractivity contribution is 6.30. The van der Waals surface area contributed by atoms with Gasteiger partial charge < -0.3 is 4.90 Å². The van der Waals surface area contributed by atoms with Crippen molar-refractivity contribution in [3.05, 3.63) is 28.8 Å². The zero-order chi connectivity index (χ0) is 13.0. The summed E-state index contributed by atoms with van der Waals surface area (Å²) in [6, 6.07) is 7.78. The lowest BCUT2D eigenvalue weighted by Crippen LogP contribution is -2.27. The van der Waals surface area contributed by atoms with E-state index in [1.807, 2.05) is 12.1 Å². The zero-order valence-corrected chi connectivity index (χ0v) is 11.6. The van der Waals surface area contributed by atoms with Gasteiger partial charge in [0.1, 0.15) is 6.07 Å². The Bertz CT molecular complexity index is 444. The van der Waals surface area contributed by atoms with Crippen molar-refractivity contribution >= 4 is 17.3 Å². The van der Waals surface area contributed by atoms with Gasteiger partial charge in [-0.05, 0) is 37.0 Å². The van der Waals surface area contributed by atoms with Gasteiger partial charge in [0, 0.05) is 18.6 Å². The van der Waals surface area contributed by atoms with Crippen LogP contribution in [-0.2, 0) is 0 Å². The summed E-state index contributed by atoms with van der Waals surface area (Å²) in [5.74, 6) is 0.769. The summed E-state index contributed by atoms with van der Waals surface area (Å²) in [5, 5.41) is 9.79. The minimum Gasteiger partial charge on any atom is -0.373 e. The standard InChI is InChI=1S/C15H19ClN2/c1-18(11-12-5-3-2-4-6-12)15-8-7-14(16)9-13(15)10-17/h7-9,12H,2-6,11H2,1H3. The summed E-state index contributed by atoms with van der Waals surface area (Å²) in [6.45, 7) is 1.04. The molecule has 96 valence electrons. The molecule has 0 amide bonds. The van der Waals surface area contributed by atoms with Crippen molar-refractivity contribution in [2.75, 3.05) is 18.5 Å². The van der Waals surface area contributed by atoms with E-state index in [-0.39, 0.29) is 0 Å². The SMILES string of the molecule is CN(CC1CCCCC1)c1ccc(Cl)cc1C#N. The van der Waals surface area contributed by atoms with Crippen molar-refractivity contribution in [3.63, 3.8) is 0 Å². The number of rotatable bonds is 3. The lowest BCUT2D eigenvalue weighted by Gasteiger charge is -2.28. The number of hydrogen-bond donors (Lipinski definition) is 0. The Balaban J connectivity index is 2.08. The van der Waals surface area contributed by atoms with Crippen molar-refractivity contribution < 1.29 is 0 Å². The Hall–Kier alpha value is -1.20. The molecule has 1 aliphatic rings. The summed E-state index contributed by atoms with van der Waals surface area (Å²) >= 11 is 5.92. The minimum atomic E-state index is 0.626. The van der Waals surface area contributed by atoms with Gasteiger partial charge in [0.2, 0.25) is 0 Å². The molecule has 1 aromatic carbocycles. The van der Waals surface area contributed by atoms with Crippen LogP contribution >= 0.6 is 11.6 Å². The predicted molar refractivity (Wildman–Crippen MR) is 76.0 cm³/mol. The fourth-order valence-electron chi connectivity index (χ4n) is 2.79. The van der Waals surface area contributed by atoms with Gasteiger partial charge in [-0.15, -0.1) is 0 Å². The molecule has 0 bridgehead atoms. The van der Waals surface area contributed by atoms with Crippen molar-refractivity contribution in [3.8, 4) is 6.07 Å². The molecule has 1 aromatic rings. The van der Waals surface area contributed by atoms with Gasteiger partial charge in [0.15, 0.2) is 0 Å². The normalized spacial score (nSPS) is 16.3. The number of anilines is 1. The molecule has 2 rings (SSSR count). The number of benzene rings is 1. The summed E-state index contributed by atoms with van der Waals surface area (Å²) in [4.78, 5) is 2.20. The van der Waals surface area contributed by atoms with Crippen molar-refractivity contribution in [1.29, 1.82) is 5.26 Å². The summed E-state index contributed by atoms with van der Waals surface area (Å²) in [5.41, 5.74) is 1.66. The largest absolute Gasteiger partial charge is 0.373 e. The first-order valence-corrected chi connectivity index (χ1v) is 6.99. The Morgan fingerprint density at radius 2 is 2.06 bits per heavy atom. The van der Waals surface area contributed by atoms with Crippen molar-refractivity contribution in [2.24, 2.45) is 5.92 Å². The smallest absolute Gasteiger partial charge is 0.101 e. The molecule has 0 spiro atoms. The molecule has 1 saturated carbocycles. The first-order valence-electron chi connectivity index (χ1n) is 6.61. The van der Waals surface area contributed by atoms with Crippen LogP contribution in [0.4, 0.5) is 5.69 Å². The quantitative estimate of drug-likeness (QED) is 0.815. The number of hydrogen-bond acceptors (Lipinski definition) is 2. The van der Waals surface area contributed by atoms with Gasteiger partial charge in [-0.3, -0.25) is 0 Å². The molecule has 3 heteroatoms. The van der Waals surface area contributed by atoms with E-state index in [2.05, 4.69) is 18.0 Å². The molecule has 2 nitrogen and oxygen atoms in total. The zero-order valence-electron chi connectivity index (χ0n) is 10.8. The number of nitrogens with zero attached hydrogens (tertiary/aromatic N) is 2. The fraction of sp³-hybridized carbons (Fsp3) is 0.533. The molecule has 18 heavy (non-hydrogen) atoms. The maximum atomic E-state index is 9.16.